The highest BCUT2D eigenvalue weighted by Gasteiger charge is 2.38. The second-order valence-corrected chi connectivity index (χ2v) is 30.6. The highest BCUT2D eigenvalue weighted by atomic mass is 79.9. The number of hydrogen-bond acceptors (Lipinski definition) is 5. The van der Waals surface area contributed by atoms with Crippen molar-refractivity contribution in [3.05, 3.63) is 411 Å². The number of nitrogens with zero attached hydrogens (tertiary/aromatic N) is 7. The molecule has 21 rings (SSSR count). The van der Waals surface area contributed by atoms with E-state index < -0.39 is 104 Å². The maximum Gasteiger partial charge on any atom is 0.488 e. The van der Waals surface area contributed by atoms with Crippen LogP contribution < -0.4 is 5.46 Å². The van der Waals surface area contributed by atoms with Crippen LogP contribution in [0.5, 0.6) is 0 Å². The van der Waals surface area contributed by atoms with Crippen LogP contribution in [-0.2, 0) is 18.8 Å². The van der Waals surface area contributed by atoms with E-state index in [2.05, 4.69) is 186 Å². The van der Waals surface area contributed by atoms with Gasteiger partial charge in [0.25, 0.3) is 0 Å². The maximum atomic E-state index is 14.8. The Morgan fingerprint density at radius 3 is 0.820 bits per heavy atom. The van der Waals surface area contributed by atoms with Gasteiger partial charge in [-0.2, -0.15) is 42.1 Å². The molecule has 0 fully saturated rings. The summed E-state index contributed by atoms with van der Waals surface area (Å²) in [4.78, 5) is 0. The van der Waals surface area contributed by atoms with E-state index in [4.69, 9.17) is 20.6 Å². The van der Waals surface area contributed by atoms with Gasteiger partial charge in [-0.15, -0.1) is 0 Å². The van der Waals surface area contributed by atoms with Crippen LogP contribution in [0.25, 0.3) is 143 Å². The van der Waals surface area contributed by atoms with Crippen LogP contribution in [-0.4, -0.2) is 35.4 Å². The molecule has 2 N–H and O–H groups in total. The first-order valence-electron chi connectivity index (χ1n) is 39.4. The van der Waals surface area contributed by atoms with E-state index in [1.165, 1.54) is 34.4 Å². The summed E-state index contributed by atoms with van der Waals surface area (Å²) in [5, 5.41) is 54.5. The van der Waals surface area contributed by atoms with Crippen LogP contribution in [0.4, 0.5) is 61.5 Å². The van der Waals surface area contributed by atoms with Gasteiger partial charge in [-0.05, 0) is 141 Å². The van der Waals surface area contributed by atoms with Crippen LogP contribution >= 0.6 is 15.9 Å². The Morgan fingerprint density at radius 2 is 0.547 bits per heavy atom. The zero-order chi connectivity index (χ0) is 89.9. The number of aryl methyl sites for hydroxylation is 1. The monoisotopic (exact) mass is 1780 g/mol. The minimum Gasteiger partial charge on any atom is -0.423 e. The Balaban J connectivity index is 0.000000158. The average Bonchev–Trinajstić information content (AvgIpc) is 1.47. The molecule has 20 aromatic rings. The number of alkyl halides is 6. The van der Waals surface area contributed by atoms with Gasteiger partial charge in [0.2, 0.25) is 0 Å². The highest BCUT2D eigenvalue weighted by molar-refractivity contribution is 9.10. The van der Waals surface area contributed by atoms with Gasteiger partial charge in [-0.1, -0.05) is 248 Å². The number of halogens is 15. The Labute approximate surface area is 728 Å². The molecule has 25 heteroatoms. The van der Waals surface area contributed by atoms with Gasteiger partial charge in [0.15, 0.2) is 46.5 Å². The quantitative estimate of drug-likeness (QED) is 0.0710. The zero-order valence-electron chi connectivity index (χ0n) is 66.5. The molecule has 0 atom stereocenters. The summed E-state index contributed by atoms with van der Waals surface area (Å²) >= 11 is 2.30. The second kappa shape index (κ2) is 34.3. The van der Waals surface area contributed by atoms with Crippen LogP contribution in [0.1, 0.15) is 44.5 Å². The molecule has 0 amide bonds. The molecule has 0 saturated carbocycles. The largest absolute Gasteiger partial charge is 0.488 e. The SMILES string of the molecule is Cc1ccc(B(O)O)cc1.N#Cc1c(-n2c3ccccc3c3ccccc32)c(-n2c3ccccc3c3ccccc32)c(-c2ccc(C(F)(F)F)cc2)c(-n2c3ccccc3c3ccccc32)c1-n1c2ccccc2c2ccccc21.N#Cc1c(F)c(F)c(-c2ccc(C(F)(F)F)cc2)c(F)c1F.N#Cc1c(F)c(F)c(Br)c(F)c1F.c1ccc2c(c1)Cc1ccccc1-2. The van der Waals surface area contributed by atoms with Crippen LogP contribution in [0.15, 0.2) is 320 Å². The molecule has 0 unspecified atom stereocenters. The molecular formula is C103H59BBrF14N7O2. The normalized spacial score (nSPS) is 11.6. The molecule has 0 saturated heterocycles. The first-order chi connectivity index (χ1) is 61.7. The third-order valence-electron chi connectivity index (χ3n) is 22.5. The van der Waals surface area contributed by atoms with Crippen molar-refractivity contribution < 1.29 is 71.5 Å². The van der Waals surface area contributed by atoms with Crippen molar-refractivity contribution in [2.75, 3.05) is 0 Å². The van der Waals surface area contributed by atoms with E-state index >= 15 is 0 Å². The number of para-hydroxylation sites is 8. The van der Waals surface area contributed by atoms with Gasteiger partial charge in [-0.25, -0.2) is 35.1 Å². The van der Waals surface area contributed by atoms with Crippen molar-refractivity contribution in [2.24, 2.45) is 0 Å². The zero-order valence-corrected chi connectivity index (χ0v) is 68.1. The third kappa shape index (κ3) is 14.9. The summed E-state index contributed by atoms with van der Waals surface area (Å²) in [6, 6.07) is 103. The van der Waals surface area contributed by atoms with Gasteiger partial charge in [0.1, 0.15) is 34.9 Å². The van der Waals surface area contributed by atoms with E-state index in [9.17, 15) is 66.7 Å². The summed E-state index contributed by atoms with van der Waals surface area (Å²) in [6.45, 7) is 1.95. The fourth-order valence-corrected chi connectivity index (χ4v) is 17.1. The lowest BCUT2D eigenvalue weighted by molar-refractivity contribution is -0.138. The summed E-state index contributed by atoms with van der Waals surface area (Å²) in [7, 11) is -1.35. The minimum atomic E-state index is -4.67. The van der Waals surface area contributed by atoms with Gasteiger partial charge >= 0.3 is 19.5 Å². The predicted octanol–water partition coefficient (Wildman–Crippen LogP) is 27.2. The third-order valence-corrected chi connectivity index (χ3v) is 23.2. The lowest BCUT2D eigenvalue weighted by atomic mass is 9.80. The number of aromatic nitrogens is 4. The number of fused-ring (bicyclic) bond motifs is 15. The predicted molar refractivity (Wildman–Crippen MR) is 475 cm³/mol. The molecule has 16 aromatic carbocycles. The first kappa shape index (κ1) is 84.9. The van der Waals surface area contributed by atoms with Crippen molar-refractivity contribution >= 4 is 116 Å². The molecule has 626 valence electrons. The Morgan fingerprint density at radius 1 is 0.297 bits per heavy atom. The lowest BCUT2D eigenvalue weighted by Crippen LogP contribution is -2.29. The van der Waals surface area contributed by atoms with Crippen LogP contribution in [0, 0.1) is 87.5 Å². The molecule has 0 aliphatic heterocycles. The fraction of sp³-hybridized carbons (Fsp3) is 0.0388. The van der Waals surface area contributed by atoms with Crippen molar-refractivity contribution in [3.63, 3.8) is 0 Å². The molecule has 0 bridgehead atoms. The topological polar surface area (TPSA) is 132 Å². The first-order valence-corrected chi connectivity index (χ1v) is 40.2. The molecule has 0 spiro atoms. The molecule has 128 heavy (non-hydrogen) atoms. The van der Waals surface area contributed by atoms with E-state index in [-0.39, 0.29) is 0 Å². The summed E-state index contributed by atoms with van der Waals surface area (Å²) < 4.78 is 195. The van der Waals surface area contributed by atoms with Crippen molar-refractivity contribution in [1.82, 2.24) is 18.3 Å². The number of rotatable bonds is 7. The lowest BCUT2D eigenvalue weighted by Gasteiger charge is -2.29. The highest BCUT2D eigenvalue weighted by Crippen LogP contribution is 2.53. The van der Waals surface area contributed by atoms with E-state index in [1.54, 1.807) is 24.3 Å². The van der Waals surface area contributed by atoms with E-state index in [0.717, 1.165) is 111 Å². The Hall–Kier alpha value is -15.3. The Kier molecular flexibility index (Phi) is 22.7. The van der Waals surface area contributed by atoms with Crippen LogP contribution in [0.2, 0.25) is 0 Å². The van der Waals surface area contributed by atoms with Crippen molar-refractivity contribution in [2.45, 2.75) is 25.7 Å². The number of nitriles is 3. The molecule has 9 nitrogen and oxygen atoms in total. The smallest absolute Gasteiger partial charge is 0.423 e. The summed E-state index contributed by atoms with van der Waals surface area (Å²) in [5.74, 6) is -14.1. The average molecular weight is 1780 g/mol. The molecule has 1 aliphatic carbocycles. The van der Waals surface area contributed by atoms with E-state index in [0.29, 0.717) is 69.2 Å². The van der Waals surface area contributed by atoms with Crippen molar-refractivity contribution in [3.8, 4) is 74.3 Å². The molecular weight excluding hydrogens is 1720 g/mol. The van der Waals surface area contributed by atoms with Gasteiger partial charge in [-0.3, -0.25) is 0 Å². The van der Waals surface area contributed by atoms with E-state index in [1.807, 2.05) is 116 Å². The van der Waals surface area contributed by atoms with Crippen molar-refractivity contribution in [1.29, 1.82) is 15.8 Å². The number of benzene rings is 16. The Bertz CT molecular complexity index is 7410. The molecule has 1 aliphatic rings. The van der Waals surface area contributed by atoms with Gasteiger partial charge < -0.3 is 28.3 Å². The summed E-state index contributed by atoms with van der Waals surface area (Å²) in [6.07, 6.45) is -8.15. The molecule has 4 aromatic heterocycles. The standard InChI is InChI=1S/C62H36F3N5.C14H4F7N.C13H10.C7H9BO2.C7BrF4N/c63-62(64,65)39-35-33-38(34-36-39)57-60(69-53-29-13-5-21-44(53)45-22-6-14-30-54(45)69)58(67-49-25-9-1-17-40(49)41-18-2-10-26-50(41)67)48(37-66)59(68-51-27-11-3-19-42(51)43-20-4-12-28-52(43)68)61(57)70-55-31-15-7-23-46(55)47-24-8-16-32-56(47)70;15-10-8(5-22)11(16)13(18)9(12(10)17)6-1-3-7(4-2-6)14(19,20)21;1-3-7-12-10(5-1)9-11-6-2-4-8-13(11)12;1-6-2-4-7(5-3-6)8(9)10;8-3-6(11)4(9)2(1-13)5(10)7(3)12/h1-36H;1-4H;1-8H,9H2;2-5,9-10H,1H3;. The molecule has 0 radical (unpaired) electrons. The number of hydrogen-bond donors (Lipinski definition) is 2. The molecule has 4 heterocycles. The maximum absolute atomic E-state index is 14.8. The fourth-order valence-electron chi connectivity index (χ4n) is 16.8. The second-order valence-electron chi connectivity index (χ2n) is 29.8. The van der Waals surface area contributed by atoms with Crippen LogP contribution in [0.3, 0.4) is 0 Å². The summed E-state index contributed by atoms with van der Waals surface area (Å²) in [5.41, 5.74) is 12.2. The van der Waals surface area contributed by atoms with Gasteiger partial charge in [0.05, 0.1) is 88.0 Å². The van der Waals surface area contributed by atoms with Gasteiger partial charge in [0, 0.05) is 48.7 Å². The minimum absolute atomic E-state index is 0.377.